The summed E-state index contributed by atoms with van der Waals surface area (Å²) in [5.41, 5.74) is 1.65. The van der Waals surface area contributed by atoms with E-state index < -0.39 is 0 Å². The van der Waals surface area contributed by atoms with E-state index in [1.54, 1.807) is 0 Å². The number of hydrogen-bond donors (Lipinski definition) is 1. The monoisotopic (exact) mass is 217 g/mol. The number of rotatable bonds is 4. The van der Waals surface area contributed by atoms with Crippen molar-refractivity contribution in [3.63, 3.8) is 0 Å². The van der Waals surface area contributed by atoms with Crippen LogP contribution in [0.15, 0.2) is 37.1 Å². The summed E-state index contributed by atoms with van der Waals surface area (Å²) in [6, 6.07) is 5.77. The maximum atomic E-state index is 9.41. The van der Waals surface area contributed by atoms with Crippen LogP contribution >= 0.6 is 0 Å². The van der Waals surface area contributed by atoms with Gasteiger partial charge in [-0.05, 0) is 12.1 Å². The molecule has 2 heterocycles. The van der Waals surface area contributed by atoms with Gasteiger partial charge in [-0.25, -0.2) is 4.98 Å². The van der Waals surface area contributed by atoms with Crippen LogP contribution in [0.4, 0.5) is 5.82 Å². The molecule has 16 heavy (non-hydrogen) atoms. The molecule has 0 aliphatic carbocycles. The second kappa shape index (κ2) is 4.37. The van der Waals surface area contributed by atoms with Crippen molar-refractivity contribution in [2.75, 3.05) is 18.5 Å². The molecule has 4 nitrogen and oxygen atoms in total. The Morgan fingerprint density at radius 3 is 3.06 bits per heavy atom. The molecule has 2 aromatic heterocycles. The zero-order valence-corrected chi connectivity index (χ0v) is 9.30. The summed E-state index contributed by atoms with van der Waals surface area (Å²) < 4.78 is 1.90. The number of likely N-dealkylation sites (N-methyl/N-ethyl adjacent to an activating group) is 1. The predicted octanol–water partition coefficient (Wildman–Crippen LogP) is 1.45. The number of imidazole rings is 1. The lowest BCUT2D eigenvalue weighted by atomic mass is 10.4. The van der Waals surface area contributed by atoms with Gasteiger partial charge in [0.25, 0.3) is 0 Å². The lowest BCUT2D eigenvalue weighted by Crippen LogP contribution is -2.18. The molecule has 0 radical (unpaired) electrons. The molecule has 4 heteroatoms. The lowest BCUT2D eigenvalue weighted by Gasteiger charge is -2.15. The van der Waals surface area contributed by atoms with E-state index in [1.165, 1.54) is 0 Å². The van der Waals surface area contributed by atoms with Crippen molar-refractivity contribution >= 4 is 11.5 Å². The number of hydrogen-bond acceptors (Lipinski definition) is 3. The number of fused-ring (bicyclic) bond motifs is 1. The van der Waals surface area contributed by atoms with Gasteiger partial charge < -0.3 is 10.0 Å². The van der Waals surface area contributed by atoms with E-state index in [4.69, 9.17) is 0 Å². The van der Waals surface area contributed by atoms with E-state index in [-0.39, 0.29) is 6.61 Å². The van der Waals surface area contributed by atoms with Gasteiger partial charge in [0.1, 0.15) is 5.65 Å². The van der Waals surface area contributed by atoms with Crippen molar-refractivity contribution < 1.29 is 5.11 Å². The van der Waals surface area contributed by atoms with Crippen LogP contribution in [-0.2, 0) is 6.61 Å². The molecule has 0 aliphatic rings. The first kappa shape index (κ1) is 10.7. The highest BCUT2D eigenvalue weighted by Gasteiger charge is 2.13. The van der Waals surface area contributed by atoms with Gasteiger partial charge in [-0.1, -0.05) is 12.1 Å². The minimum Gasteiger partial charge on any atom is -0.390 e. The molecule has 0 aromatic carbocycles. The standard InChI is InChI=1S/C12H15N3O/c1-3-7-14(2)12-10(9-16)15-8-5-4-6-11(15)13-12/h3-6,8,16H,1,7,9H2,2H3. The SMILES string of the molecule is C=CCN(C)c1nc2ccccn2c1CO. The van der Waals surface area contributed by atoms with Gasteiger partial charge in [-0.15, -0.1) is 6.58 Å². The minimum atomic E-state index is -0.0258. The number of anilines is 1. The average molecular weight is 217 g/mol. The van der Waals surface area contributed by atoms with E-state index in [2.05, 4.69) is 11.6 Å². The molecule has 0 amide bonds. The van der Waals surface area contributed by atoms with Gasteiger partial charge in [0, 0.05) is 19.8 Å². The maximum absolute atomic E-state index is 9.41. The highest BCUT2D eigenvalue weighted by Crippen LogP contribution is 2.20. The van der Waals surface area contributed by atoms with Crippen LogP contribution in [0.5, 0.6) is 0 Å². The molecule has 0 aliphatic heterocycles. The third-order valence-electron chi connectivity index (χ3n) is 2.52. The molecule has 2 rings (SSSR count). The average Bonchev–Trinajstić information content (AvgIpc) is 2.67. The summed E-state index contributed by atoms with van der Waals surface area (Å²) in [4.78, 5) is 6.45. The number of pyridine rings is 1. The van der Waals surface area contributed by atoms with Gasteiger partial charge in [0.2, 0.25) is 0 Å². The Labute approximate surface area is 94.5 Å². The topological polar surface area (TPSA) is 40.8 Å². The normalized spacial score (nSPS) is 10.6. The van der Waals surface area contributed by atoms with Crippen LogP contribution in [0.2, 0.25) is 0 Å². The Kier molecular flexibility index (Phi) is 2.92. The fraction of sp³-hybridized carbons (Fsp3) is 0.250. The van der Waals surface area contributed by atoms with Crippen molar-refractivity contribution in [2.45, 2.75) is 6.61 Å². The molecular weight excluding hydrogens is 202 g/mol. The molecule has 1 N–H and O–H groups in total. The summed E-state index contributed by atoms with van der Waals surface area (Å²) >= 11 is 0. The molecule has 0 unspecified atom stereocenters. The Morgan fingerprint density at radius 2 is 2.38 bits per heavy atom. The Bertz CT molecular complexity index is 504. The van der Waals surface area contributed by atoms with Crippen LogP contribution in [0.25, 0.3) is 5.65 Å². The van der Waals surface area contributed by atoms with Gasteiger partial charge in [0.15, 0.2) is 5.82 Å². The number of aliphatic hydroxyl groups excluding tert-OH is 1. The fourth-order valence-corrected chi connectivity index (χ4v) is 1.77. The molecule has 0 spiro atoms. The second-order valence-corrected chi connectivity index (χ2v) is 3.64. The third kappa shape index (κ3) is 1.67. The molecule has 84 valence electrons. The van der Waals surface area contributed by atoms with Crippen molar-refractivity contribution in [1.82, 2.24) is 9.38 Å². The summed E-state index contributed by atoms with van der Waals surface area (Å²) in [7, 11) is 1.93. The fourth-order valence-electron chi connectivity index (χ4n) is 1.77. The minimum absolute atomic E-state index is 0.0258. The molecular formula is C12H15N3O. The molecule has 0 saturated heterocycles. The largest absolute Gasteiger partial charge is 0.390 e. The van der Waals surface area contributed by atoms with E-state index >= 15 is 0 Å². The molecule has 0 bridgehead atoms. The van der Waals surface area contributed by atoms with Crippen LogP contribution in [-0.4, -0.2) is 28.1 Å². The second-order valence-electron chi connectivity index (χ2n) is 3.64. The van der Waals surface area contributed by atoms with Gasteiger partial charge in [0.05, 0.1) is 12.3 Å². The lowest BCUT2D eigenvalue weighted by molar-refractivity contribution is 0.276. The Balaban J connectivity index is 2.55. The summed E-state index contributed by atoms with van der Waals surface area (Å²) in [6.07, 6.45) is 3.71. The molecule has 0 atom stereocenters. The van der Waals surface area contributed by atoms with Crippen molar-refractivity contribution in [1.29, 1.82) is 0 Å². The summed E-state index contributed by atoms with van der Waals surface area (Å²) in [6.45, 7) is 4.38. The van der Waals surface area contributed by atoms with Crippen LogP contribution < -0.4 is 4.90 Å². The molecule has 0 fully saturated rings. The smallest absolute Gasteiger partial charge is 0.153 e. The Morgan fingerprint density at radius 1 is 1.56 bits per heavy atom. The molecule has 0 saturated carbocycles. The van der Waals surface area contributed by atoms with Gasteiger partial charge >= 0.3 is 0 Å². The van der Waals surface area contributed by atoms with Crippen LogP contribution in [0.1, 0.15) is 5.69 Å². The van der Waals surface area contributed by atoms with Gasteiger partial charge in [-0.2, -0.15) is 0 Å². The van der Waals surface area contributed by atoms with Crippen LogP contribution in [0.3, 0.4) is 0 Å². The number of aliphatic hydroxyl groups is 1. The van der Waals surface area contributed by atoms with Crippen molar-refractivity contribution in [3.8, 4) is 0 Å². The van der Waals surface area contributed by atoms with E-state index in [9.17, 15) is 5.11 Å². The first-order valence-corrected chi connectivity index (χ1v) is 5.16. The zero-order valence-electron chi connectivity index (χ0n) is 9.30. The first-order valence-electron chi connectivity index (χ1n) is 5.16. The van der Waals surface area contributed by atoms with Crippen molar-refractivity contribution in [3.05, 3.63) is 42.7 Å². The molecule has 2 aromatic rings. The first-order chi connectivity index (χ1) is 7.77. The van der Waals surface area contributed by atoms with Gasteiger partial charge in [-0.3, -0.25) is 4.40 Å². The number of nitrogens with zero attached hydrogens (tertiary/aromatic N) is 3. The highest BCUT2D eigenvalue weighted by molar-refractivity contribution is 5.55. The van der Waals surface area contributed by atoms with Crippen molar-refractivity contribution in [2.24, 2.45) is 0 Å². The van der Waals surface area contributed by atoms with E-state index in [1.807, 2.05) is 46.8 Å². The van der Waals surface area contributed by atoms with E-state index in [0.29, 0.717) is 6.54 Å². The zero-order chi connectivity index (χ0) is 11.5. The van der Waals surface area contributed by atoms with Crippen LogP contribution in [0, 0.1) is 0 Å². The predicted molar refractivity (Wildman–Crippen MR) is 64.6 cm³/mol. The summed E-state index contributed by atoms with van der Waals surface area (Å²) in [5, 5.41) is 9.41. The van der Waals surface area contributed by atoms with E-state index in [0.717, 1.165) is 17.2 Å². The quantitative estimate of drug-likeness (QED) is 0.788. The third-order valence-corrected chi connectivity index (χ3v) is 2.52. The number of aromatic nitrogens is 2. The Hall–Kier alpha value is -1.81. The maximum Gasteiger partial charge on any atom is 0.153 e. The summed E-state index contributed by atoms with van der Waals surface area (Å²) in [5.74, 6) is 0.800. The highest BCUT2D eigenvalue weighted by atomic mass is 16.3.